The number of hydrogen-bond donors (Lipinski definition) is 1. The average molecular weight is 449 g/mol. The SMILES string of the molecule is CCOC(=O)c1cccc(NS(=O)(=O)c2ccc(SC)c(C(=O)N3CCCC3)c2)c1. The van der Waals surface area contributed by atoms with Gasteiger partial charge in [-0.15, -0.1) is 11.8 Å². The molecule has 0 radical (unpaired) electrons. The molecule has 1 saturated heterocycles. The van der Waals surface area contributed by atoms with E-state index in [0.29, 0.717) is 18.7 Å². The molecule has 160 valence electrons. The Hall–Kier alpha value is -2.52. The van der Waals surface area contributed by atoms with E-state index in [1.165, 1.54) is 30.0 Å². The lowest BCUT2D eigenvalue weighted by Gasteiger charge is -2.18. The van der Waals surface area contributed by atoms with Crippen LogP contribution >= 0.6 is 11.8 Å². The maximum atomic E-state index is 12.9. The zero-order valence-electron chi connectivity index (χ0n) is 16.9. The smallest absolute Gasteiger partial charge is 0.338 e. The number of thioether (sulfide) groups is 1. The fourth-order valence-electron chi connectivity index (χ4n) is 3.25. The number of anilines is 1. The van der Waals surface area contributed by atoms with Crippen LogP contribution in [0, 0.1) is 0 Å². The number of esters is 1. The second-order valence-electron chi connectivity index (χ2n) is 6.77. The van der Waals surface area contributed by atoms with Crippen molar-refractivity contribution in [2.75, 3.05) is 30.7 Å². The molecule has 0 saturated carbocycles. The highest BCUT2D eigenvalue weighted by Crippen LogP contribution is 2.27. The van der Waals surface area contributed by atoms with Gasteiger partial charge in [0.2, 0.25) is 0 Å². The van der Waals surface area contributed by atoms with E-state index in [0.717, 1.165) is 17.7 Å². The molecule has 0 atom stereocenters. The van der Waals surface area contributed by atoms with Crippen LogP contribution in [0.25, 0.3) is 0 Å². The molecule has 1 fully saturated rings. The Bertz CT molecular complexity index is 1050. The first-order valence-corrected chi connectivity index (χ1v) is 12.3. The lowest BCUT2D eigenvalue weighted by molar-refractivity contribution is 0.0526. The molecule has 3 rings (SSSR count). The largest absolute Gasteiger partial charge is 0.462 e. The minimum Gasteiger partial charge on any atom is -0.462 e. The summed E-state index contributed by atoms with van der Waals surface area (Å²) >= 11 is 1.40. The van der Waals surface area contributed by atoms with E-state index < -0.39 is 16.0 Å². The molecular formula is C21H24N2O5S2. The molecule has 1 heterocycles. The molecule has 2 aromatic rings. The average Bonchev–Trinajstić information content (AvgIpc) is 3.27. The van der Waals surface area contributed by atoms with Crippen molar-refractivity contribution in [1.82, 2.24) is 4.90 Å². The summed E-state index contributed by atoms with van der Waals surface area (Å²) in [5.74, 6) is -0.681. The van der Waals surface area contributed by atoms with Gasteiger partial charge in [-0.05, 0) is 62.4 Å². The van der Waals surface area contributed by atoms with Crippen molar-refractivity contribution in [1.29, 1.82) is 0 Å². The van der Waals surface area contributed by atoms with Crippen molar-refractivity contribution >= 4 is 39.3 Å². The number of nitrogens with zero attached hydrogens (tertiary/aromatic N) is 1. The monoisotopic (exact) mass is 448 g/mol. The lowest BCUT2D eigenvalue weighted by Crippen LogP contribution is -2.28. The van der Waals surface area contributed by atoms with Gasteiger partial charge in [0, 0.05) is 23.7 Å². The third-order valence-corrected chi connectivity index (χ3v) is 6.91. The summed E-state index contributed by atoms with van der Waals surface area (Å²) in [5, 5.41) is 0. The molecule has 0 aromatic heterocycles. The number of ether oxygens (including phenoxy) is 1. The number of nitrogens with one attached hydrogen (secondary N) is 1. The molecule has 1 aliphatic rings. The first kappa shape index (κ1) is 22.2. The van der Waals surface area contributed by atoms with Gasteiger partial charge in [0.15, 0.2) is 0 Å². The molecule has 7 nitrogen and oxygen atoms in total. The summed E-state index contributed by atoms with van der Waals surface area (Å²) in [6, 6.07) is 10.6. The zero-order valence-corrected chi connectivity index (χ0v) is 18.5. The highest BCUT2D eigenvalue weighted by Gasteiger charge is 2.24. The summed E-state index contributed by atoms with van der Waals surface area (Å²) in [4.78, 5) is 27.3. The van der Waals surface area contributed by atoms with Gasteiger partial charge in [-0.25, -0.2) is 13.2 Å². The predicted octanol–water partition coefficient (Wildman–Crippen LogP) is 3.62. The van der Waals surface area contributed by atoms with Crippen LogP contribution < -0.4 is 4.72 Å². The Morgan fingerprint density at radius 1 is 1.13 bits per heavy atom. The van der Waals surface area contributed by atoms with Crippen molar-refractivity contribution in [3.63, 3.8) is 0 Å². The van der Waals surface area contributed by atoms with Gasteiger partial charge in [-0.2, -0.15) is 0 Å². The van der Waals surface area contributed by atoms with Crippen LogP contribution in [-0.4, -0.2) is 51.1 Å². The van der Waals surface area contributed by atoms with E-state index in [9.17, 15) is 18.0 Å². The van der Waals surface area contributed by atoms with Gasteiger partial charge in [-0.1, -0.05) is 6.07 Å². The van der Waals surface area contributed by atoms with Gasteiger partial charge in [0.05, 0.1) is 22.6 Å². The van der Waals surface area contributed by atoms with Crippen molar-refractivity contribution in [3.05, 3.63) is 53.6 Å². The maximum absolute atomic E-state index is 12.9. The van der Waals surface area contributed by atoms with Gasteiger partial charge < -0.3 is 9.64 Å². The van der Waals surface area contributed by atoms with Crippen LogP contribution in [0.3, 0.4) is 0 Å². The van der Waals surface area contributed by atoms with E-state index in [4.69, 9.17) is 4.74 Å². The third-order valence-electron chi connectivity index (χ3n) is 4.73. The van der Waals surface area contributed by atoms with Gasteiger partial charge >= 0.3 is 5.97 Å². The van der Waals surface area contributed by atoms with Gasteiger partial charge in [-0.3, -0.25) is 9.52 Å². The molecule has 0 aliphatic carbocycles. The van der Waals surface area contributed by atoms with Crippen LogP contribution in [-0.2, 0) is 14.8 Å². The number of sulfonamides is 1. The summed E-state index contributed by atoms with van der Waals surface area (Å²) in [6.07, 6.45) is 3.76. The van der Waals surface area contributed by atoms with E-state index >= 15 is 0 Å². The lowest BCUT2D eigenvalue weighted by atomic mass is 10.2. The Labute approximate surface area is 180 Å². The summed E-state index contributed by atoms with van der Waals surface area (Å²) in [7, 11) is -3.95. The van der Waals surface area contributed by atoms with Crippen LogP contribution in [0.2, 0.25) is 0 Å². The fourth-order valence-corrected chi connectivity index (χ4v) is 4.90. The van der Waals surface area contributed by atoms with Crippen molar-refractivity contribution in [2.24, 2.45) is 0 Å². The summed E-state index contributed by atoms with van der Waals surface area (Å²) in [5.41, 5.74) is 0.870. The van der Waals surface area contributed by atoms with E-state index in [1.807, 2.05) is 6.26 Å². The first-order chi connectivity index (χ1) is 14.4. The number of likely N-dealkylation sites (tertiary alicyclic amines) is 1. The molecule has 0 spiro atoms. The molecule has 0 bridgehead atoms. The van der Waals surface area contributed by atoms with Crippen LogP contribution in [0.15, 0.2) is 52.3 Å². The van der Waals surface area contributed by atoms with E-state index in [-0.39, 0.29) is 28.7 Å². The zero-order chi connectivity index (χ0) is 21.7. The molecule has 1 aliphatic heterocycles. The number of amides is 1. The van der Waals surface area contributed by atoms with Gasteiger partial charge in [0.1, 0.15) is 0 Å². The Morgan fingerprint density at radius 3 is 2.53 bits per heavy atom. The molecule has 1 N–H and O–H groups in total. The van der Waals surface area contributed by atoms with E-state index in [2.05, 4.69) is 4.72 Å². The number of rotatable bonds is 7. The molecule has 2 aromatic carbocycles. The van der Waals surface area contributed by atoms with Crippen molar-refractivity contribution < 1.29 is 22.7 Å². The topological polar surface area (TPSA) is 92.8 Å². The maximum Gasteiger partial charge on any atom is 0.338 e. The Morgan fingerprint density at radius 2 is 1.87 bits per heavy atom. The number of hydrogen-bond acceptors (Lipinski definition) is 6. The quantitative estimate of drug-likeness (QED) is 0.514. The fraction of sp³-hybridized carbons (Fsp3) is 0.333. The predicted molar refractivity (Wildman–Crippen MR) is 117 cm³/mol. The molecule has 30 heavy (non-hydrogen) atoms. The Kier molecular flexibility index (Phi) is 7.04. The standard InChI is InChI=1S/C21H24N2O5S2/c1-3-28-21(25)15-7-6-8-16(13-15)22-30(26,27)17-9-10-19(29-2)18(14-17)20(24)23-11-4-5-12-23/h6-10,13-14,22H,3-5,11-12H2,1-2H3. The highest BCUT2D eigenvalue weighted by atomic mass is 32.2. The van der Waals surface area contributed by atoms with Crippen LogP contribution in [0.4, 0.5) is 5.69 Å². The minimum absolute atomic E-state index is 0.00983. The van der Waals surface area contributed by atoms with Crippen molar-refractivity contribution in [3.8, 4) is 0 Å². The third kappa shape index (κ3) is 4.96. The number of carbonyl (C=O) groups is 2. The van der Waals surface area contributed by atoms with Crippen LogP contribution in [0.1, 0.15) is 40.5 Å². The Balaban J connectivity index is 1.89. The summed E-state index contributed by atoms with van der Waals surface area (Å²) < 4.78 is 33.3. The number of carbonyl (C=O) groups excluding carboxylic acids is 2. The van der Waals surface area contributed by atoms with E-state index in [1.54, 1.807) is 36.1 Å². The second kappa shape index (κ2) is 9.53. The first-order valence-electron chi connectivity index (χ1n) is 9.63. The number of benzene rings is 2. The molecule has 9 heteroatoms. The second-order valence-corrected chi connectivity index (χ2v) is 9.30. The molecular weight excluding hydrogens is 424 g/mol. The molecule has 0 unspecified atom stereocenters. The molecule has 1 amide bonds. The van der Waals surface area contributed by atoms with Crippen molar-refractivity contribution in [2.45, 2.75) is 29.6 Å². The highest BCUT2D eigenvalue weighted by molar-refractivity contribution is 7.98. The van der Waals surface area contributed by atoms with Gasteiger partial charge in [0.25, 0.3) is 15.9 Å². The normalized spacial score (nSPS) is 13.9. The van der Waals surface area contributed by atoms with Crippen LogP contribution in [0.5, 0.6) is 0 Å². The minimum atomic E-state index is -3.95. The summed E-state index contributed by atoms with van der Waals surface area (Å²) in [6.45, 7) is 3.29.